The molecule has 0 saturated carbocycles. The lowest BCUT2D eigenvalue weighted by atomic mass is 9.96. The molecule has 3 rings (SSSR count). The van der Waals surface area contributed by atoms with Gasteiger partial charge in [-0.3, -0.25) is 9.59 Å². The summed E-state index contributed by atoms with van der Waals surface area (Å²) >= 11 is 0. The summed E-state index contributed by atoms with van der Waals surface area (Å²) in [5.41, 5.74) is 3.47. The van der Waals surface area contributed by atoms with Crippen LogP contribution in [0, 0.1) is 13.8 Å². The van der Waals surface area contributed by atoms with Crippen molar-refractivity contribution >= 4 is 22.3 Å². The number of carbonyl (C=O) groups excluding carboxylic acids is 2. The molecule has 0 radical (unpaired) electrons. The molecule has 0 N–H and O–H groups in total. The largest absolute Gasteiger partial charge is 0.294 e. The van der Waals surface area contributed by atoms with E-state index in [1.807, 2.05) is 38.1 Å². The Bertz CT molecular complexity index is 622. The maximum atomic E-state index is 11.7. The third kappa shape index (κ3) is 1.34. The van der Waals surface area contributed by atoms with Crippen LogP contribution in [0.15, 0.2) is 24.3 Å². The Morgan fingerprint density at radius 2 is 1.24 bits per heavy atom. The van der Waals surface area contributed by atoms with Crippen LogP contribution in [0.3, 0.4) is 0 Å². The van der Waals surface area contributed by atoms with Crippen LogP contribution in [0.2, 0.25) is 0 Å². The van der Waals surface area contributed by atoms with Gasteiger partial charge in [-0.25, -0.2) is 0 Å². The van der Waals surface area contributed by atoms with Gasteiger partial charge in [-0.05, 0) is 47.9 Å². The van der Waals surface area contributed by atoms with E-state index in [1.165, 1.54) is 0 Å². The second-order valence-corrected chi connectivity index (χ2v) is 4.67. The van der Waals surface area contributed by atoms with E-state index in [1.54, 1.807) is 0 Å². The van der Waals surface area contributed by atoms with Crippen molar-refractivity contribution in [2.75, 3.05) is 0 Å². The van der Waals surface area contributed by atoms with Crippen molar-refractivity contribution in [3.05, 3.63) is 46.5 Å². The summed E-state index contributed by atoms with van der Waals surface area (Å²) in [7, 11) is 0. The third-order valence-electron chi connectivity index (χ3n) is 3.51. The van der Waals surface area contributed by atoms with Crippen LogP contribution in [0.25, 0.3) is 10.8 Å². The Hall–Kier alpha value is -1.96. The number of ketones is 2. The minimum atomic E-state index is -0.0483. The van der Waals surface area contributed by atoms with Gasteiger partial charge in [-0.1, -0.05) is 12.1 Å². The Morgan fingerprint density at radius 1 is 0.824 bits per heavy atom. The first kappa shape index (κ1) is 10.2. The number of Topliss-reactive ketones (excluding diaryl/α,β-unsaturated/α-hetero) is 2. The number of benzene rings is 2. The van der Waals surface area contributed by atoms with E-state index in [9.17, 15) is 9.59 Å². The molecule has 0 spiro atoms. The fourth-order valence-electron chi connectivity index (χ4n) is 2.48. The van der Waals surface area contributed by atoms with Crippen LogP contribution < -0.4 is 0 Å². The van der Waals surface area contributed by atoms with E-state index in [0.717, 1.165) is 21.9 Å². The van der Waals surface area contributed by atoms with Crippen molar-refractivity contribution in [1.29, 1.82) is 0 Å². The number of rotatable bonds is 0. The molecule has 2 nitrogen and oxygen atoms in total. The Balaban J connectivity index is 2.47. The molecule has 1 aliphatic carbocycles. The smallest absolute Gasteiger partial charge is 0.171 e. The summed E-state index contributed by atoms with van der Waals surface area (Å²) in [6.07, 6.45) is 0.0315. The summed E-state index contributed by atoms with van der Waals surface area (Å²) in [6, 6.07) is 7.84. The van der Waals surface area contributed by atoms with Gasteiger partial charge in [0.25, 0.3) is 0 Å². The van der Waals surface area contributed by atoms with Gasteiger partial charge >= 0.3 is 0 Å². The highest BCUT2D eigenvalue weighted by molar-refractivity contribution is 6.26. The minimum absolute atomic E-state index is 0.0315. The number of carbonyl (C=O) groups is 2. The molecule has 2 aromatic carbocycles. The lowest BCUT2D eigenvalue weighted by Gasteiger charge is -2.07. The molecule has 0 aliphatic heterocycles. The van der Waals surface area contributed by atoms with Gasteiger partial charge < -0.3 is 0 Å². The molecular weight excluding hydrogens is 212 g/mol. The zero-order valence-electron chi connectivity index (χ0n) is 9.83. The molecular formula is C15H12O2. The van der Waals surface area contributed by atoms with Crippen LogP contribution in [-0.4, -0.2) is 11.6 Å². The Labute approximate surface area is 99.3 Å². The number of hydrogen-bond donors (Lipinski definition) is 0. The number of aryl methyl sites for hydroxylation is 2. The van der Waals surface area contributed by atoms with Crippen molar-refractivity contribution in [1.82, 2.24) is 0 Å². The molecule has 0 heterocycles. The maximum Gasteiger partial charge on any atom is 0.171 e. The molecule has 0 fully saturated rings. The van der Waals surface area contributed by atoms with Crippen molar-refractivity contribution in [2.24, 2.45) is 0 Å². The average molecular weight is 224 g/mol. The monoisotopic (exact) mass is 224 g/mol. The minimum Gasteiger partial charge on any atom is -0.294 e. The number of hydrogen-bond acceptors (Lipinski definition) is 2. The third-order valence-corrected chi connectivity index (χ3v) is 3.51. The zero-order valence-corrected chi connectivity index (χ0v) is 9.83. The second-order valence-electron chi connectivity index (χ2n) is 4.67. The van der Waals surface area contributed by atoms with Crippen LogP contribution in [0.1, 0.15) is 38.3 Å². The summed E-state index contributed by atoms with van der Waals surface area (Å²) < 4.78 is 0. The molecule has 84 valence electrons. The van der Waals surface area contributed by atoms with E-state index < -0.39 is 0 Å². The van der Waals surface area contributed by atoms with Crippen LogP contribution in [0.5, 0.6) is 0 Å². The molecule has 2 heteroatoms. The molecule has 1 aliphatic rings. The van der Waals surface area contributed by atoms with Gasteiger partial charge in [0.1, 0.15) is 0 Å². The van der Waals surface area contributed by atoms with Gasteiger partial charge in [0.15, 0.2) is 11.6 Å². The van der Waals surface area contributed by atoms with Crippen molar-refractivity contribution in [2.45, 2.75) is 20.3 Å². The molecule has 0 unspecified atom stereocenters. The van der Waals surface area contributed by atoms with Gasteiger partial charge in [0.05, 0.1) is 6.42 Å². The maximum absolute atomic E-state index is 11.7. The predicted molar refractivity (Wildman–Crippen MR) is 66.7 cm³/mol. The summed E-state index contributed by atoms with van der Waals surface area (Å²) in [6.45, 7) is 4.05. The number of fused-ring (bicyclic) bond motifs is 2. The SMILES string of the molecule is Cc1ccc(C)c2cc3c(cc12)C(=O)CC3=O. The van der Waals surface area contributed by atoms with Crippen LogP contribution in [0.4, 0.5) is 0 Å². The quantitative estimate of drug-likeness (QED) is 0.644. The fraction of sp³-hybridized carbons (Fsp3) is 0.200. The van der Waals surface area contributed by atoms with Gasteiger partial charge in [-0.2, -0.15) is 0 Å². The average Bonchev–Trinajstić information content (AvgIpc) is 2.58. The van der Waals surface area contributed by atoms with Gasteiger partial charge in [0, 0.05) is 11.1 Å². The van der Waals surface area contributed by atoms with Crippen LogP contribution >= 0.6 is 0 Å². The normalized spacial score (nSPS) is 14.5. The van der Waals surface area contributed by atoms with Crippen molar-refractivity contribution < 1.29 is 9.59 Å². The fourth-order valence-corrected chi connectivity index (χ4v) is 2.48. The summed E-state index contributed by atoms with van der Waals surface area (Å²) in [5, 5.41) is 2.15. The van der Waals surface area contributed by atoms with Crippen molar-refractivity contribution in [3.63, 3.8) is 0 Å². The molecule has 0 saturated heterocycles. The highest BCUT2D eigenvalue weighted by Gasteiger charge is 2.27. The molecule has 17 heavy (non-hydrogen) atoms. The summed E-state index contributed by atoms with van der Waals surface area (Å²) in [4.78, 5) is 23.4. The van der Waals surface area contributed by atoms with E-state index in [-0.39, 0.29) is 18.0 Å². The topological polar surface area (TPSA) is 34.1 Å². The first-order chi connectivity index (χ1) is 8.08. The van der Waals surface area contributed by atoms with Gasteiger partial charge in [0.2, 0.25) is 0 Å². The molecule has 0 bridgehead atoms. The van der Waals surface area contributed by atoms with Gasteiger partial charge in [-0.15, -0.1) is 0 Å². The predicted octanol–water partition coefficient (Wildman–Crippen LogP) is 3.23. The Kier molecular flexibility index (Phi) is 1.96. The lowest BCUT2D eigenvalue weighted by Crippen LogP contribution is -1.93. The highest BCUT2D eigenvalue weighted by Crippen LogP contribution is 2.30. The van der Waals surface area contributed by atoms with E-state index >= 15 is 0 Å². The first-order valence-electron chi connectivity index (χ1n) is 5.68. The van der Waals surface area contributed by atoms with E-state index in [2.05, 4.69) is 0 Å². The zero-order chi connectivity index (χ0) is 12.2. The van der Waals surface area contributed by atoms with Crippen molar-refractivity contribution in [3.8, 4) is 0 Å². The molecule has 0 atom stereocenters. The van der Waals surface area contributed by atoms with E-state index in [0.29, 0.717) is 11.1 Å². The molecule has 2 aromatic rings. The summed E-state index contributed by atoms with van der Waals surface area (Å²) in [5.74, 6) is -0.0967. The molecule has 0 amide bonds. The standard InChI is InChI=1S/C15H12O2/c1-8-3-4-9(2)11-6-13-12(5-10(8)11)14(16)7-15(13)17/h3-6H,7H2,1-2H3. The van der Waals surface area contributed by atoms with E-state index in [4.69, 9.17) is 0 Å². The second kappa shape index (κ2) is 3.27. The highest BCUT2D eigenvalue weighted by atomic mass is 16.2. The molecule has 0 aromatic heterocycles. The van der Waals surface area contributed by atoms with Crippen LogP contribution in [-0.2, 0) is 0 Å². The first-order valence-corrected chi connectivity index (χ1v) is 5.68. The lowest BCUT2D eigenvalue weighted by molar-refractivity contribution is 0.0923. The Morgan fingerprint density at radius 3 is 1.65 bits per heavy atom.